The van der Waals surface area contributed by atoms with E-state index >= 15 is 0 Å². The molecule has 1 aromatic carbocycles. The van der Waals surface area contributed by atoms with Gasteiger partial charge in [-0.2, -0.15) is 0 Å². The SMILES string of the molecule is CC(NC(=O)/C=C/c1ccccc1)C(=O)N1CC[C@@H](O)C1. The summed E-state index contributed by atoms with van der Waals surface area (Å²) in [6.07, 6.45) is 3.26. The molecule has 0 saturated carbocycles. The number of amides is 2. The number of hydrogen-bond donors (Lipinski definition) is 2. The van der Waals surface area contributed by atoms with Crippen LogP contribution in [0.4, 0.5) is 0 Å². The van der Waals surface area contributed by atoms with Gasteiger partial charge in [0, 0.05) is 19.2 Å². The molecule has 1 aliphatic heterocycles. The molecule has 2 amide bonds. The molecule has 1 unspecified atom stereocenters. The second kappa shape index (κ2) is 7.04. The lowest BCUT2D eigenvalue weighted by atomic mass is 10.2. The molecule has 0 aliphatic carbocycles. The Labute approximate surface area is 124 Å². The summed E-state index contributed by atoms with van der Waals surface area (Å²) in [7, 11) is 0. The molecule has 0 bridgehead atoms. The second-order valence-corrected chi connectivity index (χ2v) is 5.20. The summed E-state index contributed by atoms with van der Waals surface area (Å²) in [5.74, 6) is -0.465. The normalized spacial score (nSPS) is 19.7. The molecule has 1 aliphatic rings. The van der Waals surface area contributed by atoms with Crippen LogP contribution in [0, 0.1) is 0 Å². The summed E-state index contributed by atoms with van der Waals surface area (Å²) in [6.45, 7) is 2.54. The minimum absolute atomic E-state index is 0.159. The molecule has 21 heavy (non-hydrogen) atoms. The summed E-state index contributed by atoms with van der Waals surface area (Å²) < 4.78 is 0. The summed E-state index contributed by atoms with van der Waals surface area (Å²) in [4.78, 5) is 25.4. The monoisotopic (exact) mass is 288 g/mol. The van der Waals surface area contributed by atoms with Crippen molar-refractivity contribution in [1.29, 1.82) is 0 Å². The Morgan fingerprint density at radius 2 is 2.10 bits per heavy atom. The molecule has 2 rings (SSSR count). The molecule has 5 nitrogen and oxygen atoms in total. The van der Waals surface area contributed by atoms with Crippen molar-refractivity contribution in [3.05, 3.63) is 42.0 Å². The van der Waals surface area contributed by atoms with Gasteiger partial charge in [0.2, 0.25) is 11.8 Å². The Balaban J connectivity index is 1.84. The molecule has 1 fully saturated rings. The first-order valence-corrected chi connectivity index (χ1v) is 7.07. The number of aliphatic hydroxyl groups excluding tert-OH is 1. The first-order valence-electron chi connectivity index (χ1n) is 7.07. The van der Waals surface area contributed by atoms with Crippen LogP contribution in [0.3, 0.4) is 0 Å². The number of nitrogens with zero attached hydrogens (tertiary/aromatic N) is 1. The van der Waals surface area contributed by atoms with Gasteiger partial charge in [0.25, 0.3) is 0 Å². The van der Waals surface area contributed by atoms with Crippen LogP contribution < -0.4 is 5.32 Å². The number of rotatable bonds is 4. The van der Waals surface area contributed by atoms with Crippen molar-refractivity contribution in [1.82, 2.24) is 10.2 Å². The Morgan fingerprint density at radius 1 is 1.38 bits per heavy atom. The highest BCUT2D eigenvalue weighted by molar-refractivity contribution is 5.95. The van der Waals surface area contributed by atoms with E-state index in [4.69, 9.17) is 0 Å². The van der Waals surface area contributed by atoms with Crippen molar-refractivity contribution < 1.29 is 14.7 Å². The molecule has 1 aromatic rings. The topological polar surface area (TPSA) is 69.6 Å². The maximum absolute atomic E-state index is 12.1. The Morgan fingerprint density at radius 3 is 2.71 bits per heavy atom. The molecule has 2 N–H and O–H groups in total. The van der Waals surface area contributed by atoms with Crippen LogP contribution in [-0.4, -0.2) is 47.1 Å². The van der Waals surface area contributed by atoms with Crippen molar-refractivity contribution in [2.75, 3.05) is 13.1 Å². The zero-order valence-electron chi connectivity index (χ0n) is 12.0. The number of carbonyl (C=O) groups is 2. The lowest BCUT2D eigenvalue weighted by molar-refractivity contribution is -0.134. The zero-order valence-corrected chi connectivity index (χ0v) is 12.0. The first-order chi connectivity index (χ1) is 10.1. The van der Waals surface area contributed by atoms with Crippen LogP contribution in [0.15, 0.2) is 36.4 Å². The van der Waals surface area contributed by atoms with Crippen LogP contribution in [0.5, 0.6) is 0 Å². The summed E-state index contributed by atoms with van der Waals surface area (Å²) >= 11 is 0. The lowest BCUT2D eigenvalue weighted by Crippen LogP contribution is -2.45. The number of carbonyl (C=O) groups excluding carboxylic acids is 2. The molecular formula is C16H20N2O3. The summed E-state index contributed by atoms with van der Waals surface area (Å²) in [5, 5.41) is 12.1. The van der Waals surface area contributed by atoms with Crippen LogP contribution in [0.2, 0.25) is 0 Å². The van der Waals surface area contributed by atoms with Gasteiger partial charge in [-0.15, -0.1) is 0 Å². The standard InChI is InChI=1S/C16H20N2O3/c1-12(16(21)18-10-9-14(19)11-18)17-15(20)8-7-13-5-3-2-4-6-13/h2-8,12,14,19H,9-11H2,1H3,(H,17,20)/b8-7+/t12?,14-/m1/s1. The van der Waals surface area contributed by atoms with Crippen molar-refractivity contribution in [3.63, 3.8) is 0 Å². The van der Waals surface area contributed by atoms with E-state index < -0.39 is 12.1 Å². The smallest absolute Gasteiger partial charge is 0.244 e. The third kappa shape index (κ3) is 4.43. The van der Waals surface area contributed by atoms with E-state index in [-0.39, 0.29) is 11.8 Å². The number of likely N-dealkylation sites (tertiary alicyclic amines) is 1. The van der Waals surface area contributed by atoms with Crippen molar-refractivity contribution in [2.24, 2.45) is 0 Å². The fraction of sp³-hybridized carbons (Fsp3) is 0.375. The Bertz CT molecular complexity index is 528. The number of β-amino-alcohol motifs (C(OH)–C–C–N with tert-alkyl or cyclic N) is 1. The predicted molar refractivity (Wildman–Crippen MR) is 80.3 cm³/mol. The summed E-state index contributed by atoms with van der Waals surface area (Å²) in [6, 6.07) is 8.88. The Kier molecular flexibility index (Phi) is 5.11. The average Bonchev–Trinajstić information content (AvgIpc) is 2.92. The molecule has 112 valence electrons. The maximum atomic E-state index is 12.1. The van der Waals surface area contributed by atoms with Crippen molar-refractivity contribution in [2.45, 2.75) is 25.5 Å². The summed E-state index contributed by atoms with van der Waals surface area (Å²) in [5.41, 5.74) is 0.925. The fourth-order valence-electron chi connectivity index (χ4n) is 2.28. The first kappa shape index (κ1) is 15.3. The number of hydrogen-bond acceptors (Lipinski definition) is 3. The van der Waals surface area contributed by atoms with E-state index in [1.165, 1.54) is 6.08 Å². The lowest BCUT2D eigenvalue weighted by Gasteiger charge is -2.20. The van der Waals surface area contributed by atoms with E-state index in [9.17, 15) is 14.7 Å². The van der Waals surface area contributed by atoms with Gasteiger partial charge in [-0.25, -0.2) is 0 Å². The third-order valence-electron chi connectivity index (χ3n) is 3.43. The van der Waals surface area contributed by atoms with E-state index in [1.54, 1.807) is 17.9 Å². The molecule has 0 aromatic heterocycles. The van der Waals surface area contributed by atoms with Gasteiger partial charge in [-0.05, 0) is 25.0 Å². The van der Waals surface area contributed by atoms with Gasteiger partial charge in [-0.3, -0.25) is 9.59 Å². The molecule has 0 spiro atoms. The minimum atomic E-state index is -0.594. The quantitative estimate of drug-likeness (QED) is 0.805. The zero-order chi connectivity index (χ0) is 15.2. The molecule has 1 saturated heterocycles. The predicted octanol–water partition coefficient (Wildman–Crippen LogP) is 0.798. The van der Waals surface area contributed by atoms with Crippen molar-refractivity contribution in [3.8, 4) is 0 Å². The second-order valence-electron chi connectivity index (χ2n) is 5.20. The van der Waals surface area contributed by atoms with Gasteiger partial charge in [0.15, 0.2) is 0 Å². The number of nitrogens with one attached hydrogen (secondary N) is 1. The highest BCUT2D eigenvalue weighted by Crippen LogP contribution is 2.10. The average molecular weight is 288 g/mol. The molecule has 5 heteroatoms. The van der Waals surface area contributed by atoms with Crippen LogP contribution in [0.1, 0.15) is 18.9 Å². The van der Waals surface area contributed by atoms with Gasteiger partial charge >= 0.3 is 0 Å². The molecular weight excluding hydrogens is 268 g/mol. The number of benzene rings is 1. The number of aliphatic hydroxyl groups is 1. The largest absolute Gasteiger partial charge is 0.391 e. The molecule has 0 radical (unpaired) electrons. The Hall–Kier alpha value is -2.14. The van der Waals surface area contributed by atoms with Gasteiger partial charge in [0.1, 0.15) is 6.04 Å². The van der Waals surface area contributed by atoms with E-state index in [1.807, 2.05) is 30.3 Å². The van der Waals surface area contributed by atoms with Crippen LogP contribution in [0.25, 0.3) is 6.08 Å². The third-order valence-corrected chi connectivity index (χ3v) is 3.43. The van der Waals surface area contributed by atoms with E-state index in [2.05, 4.69) is 5.32 Å². The van der Waals surface area contributed by atoms with Gasteiger partial charge < -0.3 is 15.3 Å². The highest BCUT2D eigenvalue weighted by atomic mass is 16.3. The van der Waals surface area contributed by atoms with Gasteiger partial charge in [0.05, 0.1) is 6.10 Å². The van der Waals surface area contributed by atoms with Crippen molar-refractivity contribution >= 4 is 17.9 Å². The van der Waals surface area contributed by atoms with Gasteiger partial charge in [-0.1, -0.05) is 30.3 Å². The molecule has 1 heterocycles. The van der Waals surface area contributed by atoms with Crippen LogP contribution >= 0.6 is 0 Å². The van der Waals surface area contributed by atoms with E-state index in [0.29, 0.717) is 19.5 Å². The minimum Gasteiger partial charge on any atom is -0.391 e. The highest BCUT2D eigenvalue weighted by Gasteiger charge is 2.28. The fourth-order valence-corrected chi connectivity index (χ4v) is 2.28. The van der Waals surface area contributed by atoms with E-state index in [0.717, 1.165) is 5.56 Å². The maximum Gasteiger partial charge on any atom is 0.244 e. The molecule has 2 atom stereocenters. The van der Waals surface area contributed by atoms with Crippen LogP contribution in [-0.2, 0) is 9.59 Å².